The lowest BCUT2D eigenvalue weighted by atomic mass is 10.2. The molecule has 0 aliphatic carbocycles. The number of hydrogen-bond acceptors (Lipinski definition) is 5. The topological polar surface area (TPSA) is 60.0 Å². The molecule has 1 saturated heterocycles. The van der Waals surface area contributed by atoms with Gasteiger partial charge in [-0.25, -0.2) is 0 Å². The van der Waals surface area contributed by atoms with Gasteiger partial charge in [0.15, 0.2) is 17.6 Å². The van der Waals surface area contributed by atoms with Gasteiger partial charge in [0.25, 0.3) is 0 Å². The Balaban J connectivity index is 0.00000192. The number of carbonyl (C=O) groups excluding carboxylic acids is 1. The first-order chi connectivity index (χ1) is 10.8. The second-order valence-electron chi connectivity index (χ2n) is 5.46. The molecule has 2 heterocycles. The van der Waals surface area contributed by atoms with Gasteiger partial charge in [-0.1, -0.05) is 12.1 Å². The first-order valence-electron chi connectivity index (χ1n) is 7.76. The zero-order valence-electron chi connectivity index (χ0n) is 13.2. The van der Waals surface area contributed by atoms with E-state index in [-0.39, 0.29) is 30.5 Å². The van der Waals surface area contributed by atoms with E-state index in [9.17, 15) is 4.79 Å². The fourth-order valence-electron chi connectivity index (χ4n) is 2.72. The van der Waals surface area contributed by atoms with Crippen molar-refractivity contribution in [1.82, 2.24) is 10.2 Å². The minimum atomic E-state index is -0.259. The summed E-state index contributed by atoms with van der Waals surface area (Å²) in [5, 5.41) is 3.20. The van der Waals surface area contributed by atoms with Gasteiger partial charge in [-0.2, -0.15) is 0 Å². The Bertz CT molecular complexity index is 523. The fraction of sp³-hybridized carbons (Fsp3) is 0.562. The molecule has 1 amide bonds. The van der Waals surface area contributed by atoms with Gasteiger partial charge in [-0.3, -0.25) is 4.79 Å². The van der Waals surface area contributed by atoms with Crippen LogP contribution in [0.3, 0.4) is 0 Å². The fourth-order valence-corrected chi connectivity index (χ4v) is 2.72. The van der Waals surface area contributed by atoms with E-state index in [2.05, 4.69) is 5.32 Å². The summed E-state index contributed by atoms with van der Waals surface area (Å²) >= 11 is 0. The number of halogens is 1. The molecule has 7 heteroatoms. The third kappa shape index (κ3) is 4.28. The molecular formula is C16H23ClN2O4. The molecule has 3 rings (SSSR count). The summed E-state index contributed by atoms with van der Waals surface area (Å²) in [7, 11) is 0. The normalized spacial score (nSPS) is 22.8. The number of morpholine rings is 1. The second kappa shape index (κ2) is 8.38. The molecule has 128 valence electrons. The maximum atomic E-state index is 12.5. The first kappa shape index (κ1) is 17.8. The lowest BCUT2D eigenvalue weighted by molar-refractivity contribution is -0.137. The number of likely N-dealkylation sites (N-methyl/N-ethyl adjacent to an activating group) is 1. The van der Waals surface area contributed by atoms with E-state index < -0.39 is 0 Å². The molecule has 0 radical (unpaired) electrons. The smallest absolute Gasteiger partial charge is 0.242 e. The number of rotatable bonds is 4. The molecule has 1 N–H and O–H groups in total. The summed E-state index contributed by atoms with van der Waals surface area (Å²) in [5.41, 5.74) is 0. The van der Waals surface area contributed by atoms with Gasteiger partial charge < -0.3 is 24.4 Å². The molecule has 1 fully saturated rings. The number of para-hydroxylation sites is 2. The third-order valence-corrected chi connectivity index (χ3v) is 3.90. The number of ether oxygens (including phenoxy) is 3. The van der Waals surface area contributed by atoms with Crippen molar-refractivity contribution in [3.63, 3.8) is 0 Å². The molecule has 2 unspecified atom stereocenters. The molecule has 2 atom stereocenters. The van der Waals surface area contributed by atoms with Crippen LogP contribution in [0.1, 0.15) is 6.92 Å². The van der Waals surface area contributed by atoms with Gasteiger partial charge in [-0.05, 0) is 19.1 Å². The molecule has 2 aliphatic heterocycles. The summed E-state index contributed by atoms with van der Waals surface area (Å²) in [6, 6.07) is 7.34. The van der Waals surface area contributed by atoms with Crippen LogP contribution in [-0.4, -0.2) is 62.4 Å². The van der Waals surface area contributed by atoms with Crippen LogP contribution >= 0.6 is 12.4 Å². The maximum Gasteiger partial charge on any atom is 0.242 e. The summed E-state index contributed by atoms with van der Waals surface area (Å²) in [5.74, 6) is 1.56. The van der Waals surface area contributed by atoms with Crippen molar-refractivity contribution in [1.29, 1.82) is 0 Å². The molecule has 2 aliphatic rings. The van der Waals surface area contributed by atoms with Crippen LogP contribution in [-0.2, 0) is 9.53 Å². The highest BCUT2D eigenvalue weighted by atomic mass is 35.5. The highest BCUT2D eigenvalue weighted by molar-refractivity contribution is 5.85. The van der Waals surface area contributed by atoms with Crippen LogP contribution in [0.15, 0.2) is 24.3 Å². The zero-order chi connectivity index (χ0) is 15.4. The minimum absolute atomic E-state index is 0. The predicted octanol–water partition coefficient (Wildman–Crippen LogP) is 1.09. The van der Waals surface area contributed by atoms with E-state index in [1.165, 1.54) is 0 Å². The van der Waals surface area contributed by atoms with Crippen molar-refractivity contribution in [2.24, 2.45) is 0 Å². The lowest BCUT2D eigenvalue weighted by Gasteiger charge is -2.33. The number of hydrogen-bond donors (Lipinski definition) is 1. The van der Waals surface area contributed by atoms with Crippen molar-refractivity contribution in [3.05, 3.63) is 24.3 Å². The van der Waals surface area contributed by atoms with Crippen molar-refractivity contribution < 1.29 is 19.0 Å². The maximum absolute atomic E-state index is 12.5. The summed E-state index contributed by atoms with van der Waals surface area (Å²) in [4.78, 5) is 14.3. The van der Waals surface area contributed by atoms with Crippen LogP contribution in [0.2, 0.25) is 0 Å². The van der Waals surface area contributed by atoms with Gasteiger partial charge >= 0.3 is 0 Å². The molecule has 1 aromatic rings. The van der Waals surface area contributed by atoms with Gasteiger partial charge in [0.2, 0.25) is 5.91 Å². The van der Waals surface area contributed by atoms with Gasteiger partial charge in [0.1, 0.15) is 12.6 Å². The Morgan fingerprint density at radius 2 is 2.09 bits per heavy atom. The van der Waals surface area contributed by atoms with Crippen LogP contribution in [0.5, 0.6) is 11.5 Å². The zero-order valence-corrected chi connectivity index (χ0v) is 14.0. The van der Waals surface area contributed by atoms with Crippen molar-refractivity contribution in [2.45, 2.75) is 19.1 Å². The largest absolute Gasteiger partial charge is 0.486 e. The van der Waals surface area contributed by atoms with Crippen molar-refractivity contribution >= 4 is 18.3 Å². The average Bonchev–Trinajstić information content (AvgIpc) is 2.59. The van der Waals surface area contributed by atoms with Gasteiger partial charge in [0, 0.05) is 13.1 Å². The second-order valence-corrected chi connectivity index (χ2v) is 5.46. The molecule has 0 aromatic heterocycles. The highest BCUT2D eigenvalue weighted by Crippen LogP contribution is 2.31. The van der Waals surface area contributed by atoms with E-state index in [4.69, 9.17) is 14.2 Å². The number of amides is 1. The Kier molecular flexibility index (Phi) is 6.50. The monoisotopic (exact) mass is 342 g/mol. The highest BCUT2D eigenvalue weighted by Gasteiger charge is 2.29. The van der Waals surface area contributed by atoms with Crippen LogP contribution < -0.4 is 14.8 Å². The van der Waals surface area contributed by atoms with Gasteiger partial charge in [-0.15, -0.1) is 12.4 Å². The molecular weight excluding hydrogens is 320 g/mol. The van der Waals surface area contributed by atoms with Crippen LogP contribution in [0.4, 0.5) is 0 Å². The quantitative estimate of drug-likeness (QED) is 0.887. The first-order valence-corrected chi connectivity index (χ1v) is 7.76. The van der Waals surface area contributed by atoms with Gasteiger partial charge in [0.05, 0.1) is 19.8 Å². The van der Waals surface area contributed by atoms with Crippen LogP contribution in [0, 0.1) is 0 Å². The number of nitrogens with one attached hydrogen (secondary N) is 1. The minimum Gasteiger partial charge on any atom is -0.486 e. The van der Waals surface area contributed by atoms with E-state index >= 15 is 0 Å². The molecule has 6 nitrogen and oxygen atoms in total. The van der Waals surface area contributed by atoms with Crippen molar-refractivity contribution in [3.8, 4) is 11.5 Å². The summed E-state index contributed by atoms with van der Waals surface area (Å²) in [6.45, 7) is 5.38. The predicted molar refractivity (Wildman–Crippen MR) is 88.5 cm³/mol. The Labute approximate surface area is 142 Å². The van der Waals surface area contributed by atoms with E-state index in [1.807, 2.05) is 31.2 Å². The summed E-state index contributed by atoms with van der Waals surface area (Å²) < 4.78 is 17.0. The Morgan fingerprint density at radius 3 is 2.78 bits per heavy atom. The number of benzene rings is 1. The Morgan fingerprint density at radius 1 is 1.30 bits per heavy atom. The standard InChI is InChI=1S/C16H22N2O4.ClH/c1-2-18(16(19)13-11-20-8-7-17-13)9-12-10-21-14-5-3-4-6-15(14)22-12;/h3-6,12-13,17H,2,7-11H2,1H3;1H. The number of nitrogens with zero attached hydrogens (tertiary/aromatic N) is 1. The molecule has 1 aromatic carbocycles. The third-order valence-electron chi connectivity index (χ3n) is 3.90. The molecule has 23 heavy (non-hydrogen) atoms. The summed E-state index contributed by atoms with van der Waals surface area (Å²) in [6.07, 6.45) is -0.150. The molecule has 0 saturated carbocycles. The Hall–Kier alpha value is -1.50. The van der Waals surface area contributed by atoms with Crippen molar-refractivity contribution in [2.75, 3.05) is 39.5 Å². The SMILES string of the molecule is CCN(CC1COc2ccccc2O1)C(=O)C1COCCN1.Cl. The molecule has 0 bridgehead atoms. The van der Waals surface area contributed by atoms with Crippen LogP contribution in [0.25, 0.3) is 0 Å². The van der Waals surface area contributed by atoms with E-state index in [0.29, 0.717) is 39.5 Å². The number of carbonyl (C=O) groups is 1. The van der Waals surface area contributed by atoms with E-state index in [1.54, 1.807) is 4.90 Å². The number of fused-ring (bicyclic) bond motifs is 1. The lowest BCUT2D eigenvalue weighted by Crippen LogP contribution is -2.54. The molecule has 0 spiro atoms. The van der Waals surface area contributed by atoms with E-state index in [0.717, 1.165) is 11.5 Å². The average molecular weight is 343 g/mol.